The molecule has 1 aliphatic rings. The minimum Gasteiger partial charge on any atom is -0.496 e. The Bertz CT molecular complexity index is 915. The molecule has 1 saturated heterocycles. The van der Waals surface area contributed by atoms with E-state index in [0.717, 1.165) is 12.0 Å². The van der Waals surface area contributed by atoms with Crippen LogP contribution in [-0.4, -0.2) is 45.4 Å². The van der Waals surface area contributed by atoms with Crippen LogP contribution in [0.1, 0.15) is 24.8 Å². The summed E-state index contributed by atoms with van der Waals surface area (Å²) in [4.78, 5) is 13.1. The summed E-state index contributed by atoms with van der Waals surface area (Å²) < 4.78 is 33.1. The van der Waals surface area contributed by atoms with Crippen LogP contribution in [0.4, 0.5) is 0 Å². The Hall–Kier alpha value is -2.38. The molecule has 7 heteroatoms. The maximum atomic E-state index is 13.1. The summed E-state index contributed by atoms with van der Waals surface area (Å²) in [5, 5.41) is 2.92. The summed E-state index contributed by atoms with van der Waals surface area (Å²) in [6, 6.07) is 15.8. The van der Waals surface area contributed by atoms with E-state index in [9.17, 15) is 13.2 Å². The van der Waals surface area contributed by atoms with Crippen molar-refractivity contribution in [1.29, 1.82) is 0 Å². The standard InChI is InChI=1S/C21H26N2O4S/c1-3-13-22-21(24)19-15-23(28(25,26)16-9-5-4-6-10-16)14-18(19)17-11-7-8-12-20(17)27-2/h4-12,18-19H,3,13-15H2,1-2H3,(H,22,24)/t18-,19-/m0/s1. The van der Waals surface area contributed by atoms with E-state index in [-0.39, 0.29) is 29.8 Å². The van der Waals surface area contributed by atoms with Crippen molar-refractivity contribution in [2.45, 2.75) is 24.2 Å². The van der Waals surface area contributed by atoms with Gasteiger partial charge in [-0.3, -0.25) is 4.79 Å². The lowest BCUT2D eigenvalue weighted by atomic mass is 9.87. The molecule has 0 spiro atoms. The predicted molar refractivity (Wildman–Crippen MR) is 108 cm³/mol. The van der Waals surface area contributed by atoms with E-state index in [2.05, 4.69) is 5.32 Å². The molecule has 150 valence electrons. The molecule has 0 bridgehead atoms. The van der Waals surface area contributed by atoms with E-state index in [1.807, 2.05) is 31.2 Å². The third-order valence-electron chi connectivity index (χ3n) is 5.09. The maximum Gasteiger partial charge on any atom is 0.243 e. The van der Waals surface area contributed by atoms with Gasteiger partial charge in [-0.05, 0) is 30.2 Å². The minimum absolute atomic E-state index is 0.122. The Balaban J connectivity index is 1.96. The lowest BCUT2D eigenvalue weighted by Crippen LogP contribution is -2.36. The van der Waals surface area contributed by atoms with Gasteiger partial charge in [0.2, 0.25) is 15.9 Å². The topological polar surface area (TPSA) is 75.7 Å². The van der Waals surface area contributed by atoms with Gasteiger partial charge in [-0.2, -0.15) is 4.31 Å². The Morgan fingerprint density at radius 1 is 1.11 bits per heavy atom. The predicted octanol–water partition coefficient (Wildman–Crippen LogP) is 2.63. The van der Waals surface area contributed by atoms with Crippen LogP contribution >= 0.6 is 0 Å². The average Bonchev–Trinajstić information content (AvgIpc) is 3.19. The summed E-state index contributed by atoms with van der Waals surface area (Å²) in [5.41, 5.74) is 0.854. The molecule has 1 amide bonds. The quantitative estimate of drug-likeness (QED) is 0.773. The number of nitrogens with one attached hydrogen (secondary N) is 1. The van der Waals surface area contributed by atoms with Crippen molar-refractivity contribution >= 4 is 15.9 Å². The van der Waals surface area contributed by atoms with Gasteiger partial charge < -0.3 is 10.1 Å². The number of carbonyl (C=O) groups is 1. The number of rotatable bonds is 7. The fourth-order valence-corrected chi connectivity index (χ4v) is 5.15. The van der Waals surface area contributed by atoms with Crippen molar-refractivity contribution in [2.24, 2.45) is 5.92 Å². The van der Waals surface area contributed by atoms with E-state index in [0.29, 0.717) is 12.3 Å². The van der Waals surface area contributed by atoms with Gasteiger partial charge in [0.15, 0.2) is 0 Å². The molecule has 0 aromatic heterocycles. The molecular formula is C21H26N2O4S. The first-order valence-electron chi connectivity index (χ1n) is 9.44. The van der Waals surface area contributed by atoms with Gasteiger partial charge in [0.25, 0.3) is 0 Å². The smallest absolute Gasteiger partial charge is 0.243 e. The van der Waals surface area contributed by atoms with Crippen LogP contribution in [0.2, 0.25) is 0 Å². The zero-order valence-corrected chi connectivity index (χ0v) is 17.0. The fraction of sp³-hybridized carbons (Fsp3) is 0.381. The Morgan fingerprint density at radius 2 is 1.79 bits per heavy atom. The highest BCUT2D eigenvalue weighted by molar-refractivity contribution is 7.89. The maximum absolute atomic E-state index is 13.1. The number of amides is 1. The average molecular weight is 403 g/mol. The summed E-state index contributed by atoms with van der Waals surface area (Å²) in [7, 11) is -2.09. The van der Waals surface area contributed by atoms with Crippen molar-refractivity contribution in [3.8, 4) is 5.75 Å². The largest absolute Gasteiger partial charge is 0.496 e. The number of methoxy groups -OCH3 is 1. The van der Waals surface area contributed by atoms with Gasteiger partial charge in [-0.15, -0.1) is 0 Å². The number of ether oxygens (including phenoxy) is 1. The molecule has 6 nitrogen and oxygen atoms in total. The molecule has 1 aliphatic heterocycles. The van der Waals surface area contributed by atoms with Gasteiger partial charge >= 0.3 is 0 Å². The summed E-state index contributed by atoms with van der Waals surface area (Å²) in [6.45, 7) is 2.94. The molecule has 1 N–H and O–H groups in total. The van der Waals surface area contributed by atoms with Crippen molar-refractivity contribution < 1.29 is 17.9 Å². The highest BCUT2D eigenvalue weighted by Gasteiger charge is 2.44. The summed E-state index contributed by atoms with van der Waals surface area (Å²) >= 11 is 0. The Morgan fingerprint density at radius 3 is 2.46 bits per heavy atom. The van der Waals surface area contributed by atoms with Gasteiger partial charge in [-0.25, -0.2) is 8.42 Å². The number of carbonyl (C=O) groups excluding carboxylic acids is 1. The lowest BCUT2D eigenvalue weighted by molar-refractivity contribution is -0.124. The zero-order valence-electron chi connectivity index (χ0n) is 16.2. The minimum atomic E-state index is -3.67. The third kappa shape index (κ3) is 4.05. The first-order valence-corrected chi connectivity index (χ1v) is 10.9. The molecule has 2 aromatic carbocycles. The number of benzene rings is 2. The van der Waals surface area contributed by atoms with Crippen molar-refractivity contribution in [3.63, 3.8) is 0 Å². The molecule has 2 atom stereocenters. The number of hydrogen-bond acceptors (Lipinski definition) is 4. The van der Waals surface area contributed by atoms with E-state index >= 15 is 0 Å². The van der Waals surface area contributed by atoms with Crippen LogP contribution in [0, 0.1) is 5.92 Å². The molecule has 0 unspecified atom stereocenters. The summed E-state index contributed by atoms with van der Waals surface area (Å²) in [6.07, 6.45) is 0.823. The highest BCUT2D eigenvalue weighted by atomic mass is 32.2. The fourth-order valence-electron chi connectivity index (χ4n) is 3.64. The van der Waals surface area contributed by atoms with E-state index in [1.165, 1.54) is 4.31 Å². The normalized spacial score (nSPS) is 20.1. The molecule has 3 rings (SSSR count). The van der Waals surface area contributed by atoms with Crippen LogP contribution < -0.4 is 10.1 Å². The molecule has 0 radical (unpaired) electrons. The monoisotopic (exact) mass is 402 g/mol. The Kier molecular flexibility index (Phi) is 6.36. The number of hydrogen-bond donors (Lipinski definition) is 1. The van der Waals surface area contributed by atoms with Crippen LogP contribution in [0.5, 0.6) is 5.75 Å². The summed E-state index contributed by atoms with van der Waals surface area (Å²) in [5.74, 6) is -0.198. The second kappa shape index (κ2) is 8.75. The first kappa shape index (κ1) is 20.4. The van der Waals surface area contributed by atoms with Crippen molar-refractivity contribution in [3.05, 3.63) is 60.2 Å². The van der Waals surface area contributed by atoms with Crippen LogP contribution in [0.3, 0.4) is 0 Å². The molecule has 0 aliphatic carbocycles. The van der Waals surface area contributed by atoms with Gasteiger partial charge in [0, 0.05) is 25.6 Å². The van der Waals surface area contributed by atoms with Crippen molar-refractivity contribution in [2.75, 3.05) is 26.7 Å². The van der Waals surface area contributed by atoms with E-state index in [4.69, 9.17) is 4.74 Å². The molecule has 28 heavy (non-hydrogen) atoms. The SMILES string of the molecule is CCCNC(=O)[C@H]1CN(S(=O)(=O)c2ccccc2)C[C@H]1c1ccccc1OC. The number of para-hydroxylation sites is 1. The van der Waals surface area contributed by atoms with Gasteiger partial charge in [0.1, 0.15) is 5.75 Å². The van der Waals surface area contributed by atoms with Crippen molar-refractivity contribution in [1.82, 2.24) is 9.62 Å². The second-order valence-corrected chi connectivity index (χ2v) is 8.82. The van der Waals surface area contributed by atoms with Crippen LogP contribution in [0.15, 0.2) is 59.5 Å². The van der Waals surface area contributed by atoms with E-state index < -0.39 is 15.9 Å². The van der Waals surface area contributed by atoms with Crippen LogP contribution in [-0.2, 0) is 14.8 Å². The number of sulfonamides is 1. The Labute approximate surface area is 166 Å². The first-order chi connectivity index (χ1) is 13.5. The zero-order chi connectivity index (χ0) is 20.1. The second-order valence-electron chi connectivity index (χ2n) is 6.88. The molecular weight excluding hydrogens is 376 g/mol. The number of nitrogens with zero attached hydrogens (tertiary/aromatic N) is 1. The molecule has 0 saturated carbocycles. The molecule has 2 aromatic rings. The van der Waals surface area contributed by atoms with E-state index in [1.54, 1.807) is 37.4 Å². The van der Waals surface area contributed by atoms with Crippen LogP contribution in [0.25, 0.3) is 0 Å². The molecule has 1 fully saturated rings. The highest BCUT2D eigenvalue weighted by Crippen LogP contribution is 2.39. The van der Waals surface area contributed by atoms with Gasteiger partial charge in [0.05, 0.1) is 17.9 Å². The lowest BCUT2D eigenvalue weighted by Gasteiger charge is -2.20. The third-order valence-corrected chi connectivity index (χ3v) is 6.94. The van der Waals surface area contributed by atoms with Gasteiger partial charge in [-0.1, -0.05) is 43.3 Å². The molecule has 1 heterocycles.